The molecule has 2 amide bonds. The molecule has 0 fully saturated rings. The van der Waals surface area contributed by atoms with Gasteiger partial charge in [-0.3, -0.25) is 13.9 Å². The van der Waals surface area contributed by atoms with Gasteiger partial charge in [-0.15, -0.1) is 0 Å². The normalized spacial score (nSPS) is 12.8. The smallest absolute Gasteiger partial charge is 0.244 e. The minimum absolute atomic E-state index is 0.0560. The first-order chi connectivity index (χ1) is 18.9. The van der Waals surface area contributed by atoms with Crippen LogP contribution in [0.5, 0.6) is 0 Å². The largest absolute Gasteiger partial charge is 0.352 e. The molecule has 11 heteroatoms. The maximum absolute atomic E-state index is 14.0. The van der Waals surface area contributed by atoms with E-state index in [4.69, 9.17) is 34.8 Å². The Morgan fingerprint density at radius 2 is 1.55 bits per heavy atom. The fraction of sp³-hybridized carbons (Fsp3) is 0.310. The molecule has 0 unspecified atom stereocenters. The lowest BCUT2D eigenvalue weighted by atomic mass is 10.0. The van der Waals surface area contributed by atoms with Gasteiger partial charge in [-0.2, -0.15) is 0 Å². The molecular weight excluding hydrogens is 593 g/mol. The Bertz CT molecular complexity index is 1420. The van der Waals surface area contributed by atoms with E-state index in [2.05, 4.69) is 5.32 Å². The van der Waals surface area contributed by atoms with Gasteiger partial charge in [0.05, 0.1) is 22.0 Å². The Balaban J connectivity index is 2.06. The van der Waals surface area contributed by atoms with E-state index >= 15 is 0 Å². The third-order valence-corrected chi connectivity index (χ3v) is 8.54. The van der Waals surface area contributed by atoms with E-state index in [1.807, 2.05) is 44.2 Å². The lowest BCUT2D eigenvalue weighted by Gasteiger charge is -2.34. The molecule has 3 aromatic carbocycles. The first-order valence-electron chi connectivity index (χ1n) is 12.7. The summed E-state index contributed by atoms with van der Waals surface area (Å²) in [6.45, 7) is 3.35. The number of hydrogen-bond acceptors (Lipinski definition) is 4. The third kappa shape index (κ3) is 8.86. The highest BCUT2D eigenvalue weighted by molar-refractivity contribution is 7.92. The number of benzene rings is 3. The van der Waals surface area contributed by atoms with Crippen LogP contribution in [0.25, 0.3) is 0 Å². The number of carbonyl (C=O) groups excluding carboxylic acids is 2. The second-order valence-corrected chi connectivity index (χ2v) is 12.7. The number of nitrogens with one attached hydrogen (secondary N) is 1. The number of hydrogen-bond donors (Lipinski definition) is 1. The van der Waals surface area contributed by atoms with E-state index in [9.17, 15) is 18.0 Å². The summed E-state index contributed by atoms with van der Waals surface area (Å²) in [5, 5.41) is 3.91. The van der Waals surface area contributed by atoms with E-state index in [0.717, 1.165) is 21.7 Å². The van der Waals surface area contributed by atoms with Crippen LogP contribution >= 0.6 is 34.8 Å². The molecule has 214 valence electrons. The number of carbonyl (C=O) groups is 2. The van der Waals surface area contributed by atoms with Crippen molar-refractivity contribution < 1.29 is 18.0 Å². The fourth-order valence-corrected chi connectivity index (χ4v) is 5.30. The third-order valence-electron chi connectivity index (χ3n) is 6.41. The quantitative estimate of drug-likeness (QED) is 0.269. The maximum Gasteiger partial charge on any atom is 0.244 e. The zero-order valence-electron chi connectivity index (χ0n) is 22.5. The van der Waals surface area contributed by atoms with E-state index < -0.39 is 28.5 Å². The molecule has 1 N–H and O–H groups in total. The molecule has 0 heterocycles. The van der Waals surface area contributed by atoms with Gasteiger partial charge in [0.15, 0.2) is 0 Å². The summed E-state index contributed by atoms with van der Waals surface area (Å²) in [6.07, 6.45) is 1.94. The summed E-state index contributed by atoms with van der Waals surface area (Å²) >= 11 is 18.3. The van der Waals surface area contributed by atoms with Crippen molar-refractivity contribution in [1.82, 2.24) is 10.2 Å². The molecule has 0 aliphatic carbocycles. The van der Waals surface area contributed by atoms with Gasteiger partial charge in [0, 0.05) is 24.0 Å². The Morgan fingerprint density at radius 1 is 0.900 bits per heavy atom. The second-order valence-electron chi connectivity index (χ2n) is 9.54. The summed E-state index contributed by atoms with van der Waals surface area (Å²) < 4.78 is 26.6. The average molecular weight is 625 g/mol. The standard InChI is InChI=1S/C29H32Cl3N3O4S/c1-4-20(2)33-29(37)27(16-21-8-6-5-7-9-21)34(18-22-10-12-23(30)13-11-22)28(36)19-35(40(3,38)39)24-14-15-25(31)26(32)17-24/h5-15,17,20,27H,4,16,18-19H2,1-3H3,(H,33,37)/t20-,27-/m0/s1. The molecule has 0 radical (unpaired) electrons. The minimum atomic E-state index is -3.92. The van der Waals surface area contributed by atoms with Crippen molar-refractivity contribution in [1.29, 1.82) is 0 Å². The predicted octanol–water partition coefficient (Wildman–Crippen LogP) is 5.97. The molecule has 0 saturated heterocycles. The van der Waals surface area contributed by atoms with Crippen molar-refractivity contribution in [3.63, 3.8) is 0 Å². The molecule has 0 saturated carbocycles. The van der Waals surface area contributed by atoms with Crippen molar-refractivity contribution in [2.24, 2.45) is 0 Å². The molecule has 0 bridgehead atoms. The lowest BCUT2D eigenvalue weighted by Crippen LogP contribution is -2.54. The van der Waals surface area contributed by atoms with Crippen LogP contribution in [0.15, 0.2) is 72.8 Å². The number of halogens is 3. The lowest BCUT2D eigenvalue weighted by molar-refractivity contribution is -0.140. The summed E-state index contributed by atoms with van der Waals surface area (Å²) in [5.74, 6) is -0.896. The molecule has 0 spiro atoms. The van der Waals surface area contributed by atoms with Crippen LogP contribution in [-0.4, -0.2) is 50.0 Å². The number of rotatable bonds is 12. The SMILES string of the molecule is CC[C@H](C)NC(=O)[C@H](Cc1ccccc1)N(Cc1ccc(Cl)cc1)C(=O)CN(c1ccc(Cl)c(Cl)c1)S(C)(=O)=O. The van der Waals surface area contributed by atoms with Crippen LogP contribution in [0.3, 0.4) is 0 Å². The minimum Gasteiger partial charge on any atom is -0.352 e. The Morgan fingerprint density at radius 3 is 2.12 bits per heavy atom. The molecule has 3 aromatic rings. The second kappa shape index (κ2) is 14.2. The van der Waals surface area contributed by atoms with Gasteiger partial charge in [-0.05, 0) is 54.8 Å². The van der Waals surface area contributed by atoms with Crippen LogP contribution in [0.2, 0.25) is 15.1 Å². The zero-order chi connectivity index (χ0) is 29.4. The monoisotopic (exact) mass is 623 g/mol. The molecule has 0 aromatic heterocycles. The molecule has 3 rings (SSSR count). The van der Waals surface area contributed by atoms with Gasteiger partial charge in [0.1, 0.15) is 12.6 Å². The van der Waals surface area contributed by atoms with E-state index in [-0.39, 0.29) is 40.6 Å². The molecular formula is C29H32Cl3N3O4S. The van der Waals surface area contributed by atoms with Crippen molar-refractivity contribution in [2.75, 3.05) is 17.1 Å². The first kappa shape index (κ1) is 31.7. The molecule has 2 atom stereocenters. The average Bonchev–Trinajstić information content (AvgIpc) is 2.91. The van der Waals surface area contributed by atoms with E-state index in [0.29, 0.717) is 11.4 Å². The highest BCUT2D eigenvalue weighted by Gasteiger charge is 2.33. The fourth-order valence-electron chi connectivity index (χ4n) is 4.04. The maximum atomic E-state index is 14.0. The highest BCUT2D eigenvalue weighted by Crippen LogP contribution is 2.29. The molecule has 0 aliphatic rings. The van der Waals surface area contributed by atoms with Crippen LogP contribution in [-0.2, 0) is 32.6 Å². The van der Waals surface area contributed by atoms with Gasteiger partial charge >= 0.3 is 0 Å². The van der Waals surface area contributed by atoms with Crippen molar-refractivity contribution >= 4 is 62.3 Å². The summed E-state index contributed by atoms with van der Waals surface area (Å²) in [5.41, 5.74) is 1.76. The number of amides is 2. The van der Waals surface area contributed by atoms with Crippen LogP contribution < -0.4 is 9.62 Å². The van der Waals surface area contributed by atoms with Gasteiger partial charge in [-0.25, -0.2) is 8.42 Å². The van der Waals surface area contributed by atoms with Gasteiger partial charge in [0.25, 0.3) is 0 Å². The summed E-state index contributed by atoms with van der Waals surface area (Å²) in [7, 11) is -3.92. The number of nitrogens with zero attached hydrogens (tertiary/aromatic N) is 2. The van der Waals surface area contributed by atoms with Gasteiger partial charge < -0.3 is 10.2 Å². The topological polar surface area (TPSA) is 86.8 Å². The van der Waals surface area contributed by atoms with Crippen LogP contribution in [0, 0.1) is 0 Å². The van der Waals surface area contributed by atoms with Crippen molar-refractivity contribution in [3.8, 4) is 0 Å². The highest BCUT2D eigenvalue weighted by atomic mass is 35.5. The predicted molar refractivity (Wildman–Crippen MR) is 162 cm³/mol. The Labute approximate surface area is 251 Å². The Hall–Kier alpha value is -2.78. The van der Waals surface area contributed by atoms with Crippen LogP contribution in [0.4, 0.5) is 5.69 Å². The van der Waals surface area contributed by atoms with Crippen molar-refractivity contribution in [3.05, 3.63) is 99.0 Å². The summed E-state index contributed by atoms with van der Waals surface area (Å²) in [4.78, 5) is 29.1. The van der Waals surface area contributed by atoms with Crippen molar-refractivity contribution in [2.45, 2.75) is 45.3 Å². The first-order valence-corrected chi connectivity index (χ1v) is 15.7. The zero-order valence-corrected chi connectivity index (χ0v) is 25.6. The van der Waals surface area contributed by atoms with Gasteiger partial charge in [-0.1, -0.05) is 84.2 Å². The number of anilines is 1. The molecule has 40 heavy (non-hydrogen) atoms. The molecule has 7 nitrogen and oxygen atoms in total. The van der Waals surface area contributed by atoms with E-state index in [1.165, 1.54) is 23.1 Å². The summed E-state index contributed by atoms with van der Waals surface area (Å²) in [6, 6.07) is 19.6. The molecule has 0 aliphatic heterocycles. The van der Waals surface area contributed by atoms with E-state index in [1.54, 1.807) is 24.3 Å². The number of sulfonamides is 1. The van der Waals surface area contributed by atoms with Crippen LogP contribution in [0.1, 0.15) is 31.4 Å². The Kier molecular flexibility index (Phi) is 11.3. The van der Waals surface area contributed by atoms with Gasteiger partial charge in [0.2, 0.25) is 21.8 Å².